The number of rotatable bonds is 3. The molecule has 0 aliphatic carbocycles. The van der Waals surface area contributed by atoms with Gasteiger partial charge < -0.3 is 0 Å². The summed E-state index contributed by atoms with van der Waals surface area (Å²) in [5.74, 6) is 1.000. The quantitative estimate of drug-likeness (QED) is 0.595. The molecule has 0 saturated heterocycles. The van der Waals surface area contributed by atoms with Crippen molar-refractivity contribution in [2.24, 2.45) is 0 Å². The zero-order valence-corrected chi connectivity index (χ0v) is 13.7. The number of fused-ring (bicyclic) bond motifs is 1. The van der Waals surface area contributed by atoms with E-state index in [0.717, 1.165) is 22.6 Å². The van der Waals surface area contributed by atoms with Gasteiger partial charge in [0.05, 0.1) is 21.2 Å². The summed E-state index contributed by atoms with van der Waals surface area (Å²) in [6.07, 6.45) is 0.629. The minimum absolute atomic E-state index is 0.311. The van der Waals surface area contributed by atoms with E-state index in [-0.39, 0.29) is 5.82 Å². The van der Waals surface area contributed by atoms with Crippen molar-refractivity contribution >= 4 is 38.6 Å². The molecule has 0 atom stereocenters. The van der Waals surface area contributed by atoms with Crippen molar-refractivity contribution in [1.82, 2.24) is 9.55 Å². The van der Waals surface area contributed by atoms with Crippen molar-refractivity contribution in [2.75, 3.05) is 5.88 Å². The van der Waals surface area contributed by atoms with E-state index in [1.807, 2.05) is 31.2 Å². The van der Waals surface area contributed by atoms with E-state index < -0.39 is 0 Å². The average Bonchev–Trinajstić information content (AvgIpc) is 2.78. The summed E-state index contributed by atoms with van der Waals surface area (Å²) >= 11 is 9.14. The Hall–Kier alpha value is -1.39. The van der Waals surface area contributed by atoms with E-state index in [1.54, 1.807) is 6.07 Å². The smallest absolute Gasteiger partial charge is 0.139 e. The van der Waals surface area contributed by atoms with Crippen molar-refractivity contribution in [2.45, 2.75) is 13.3 Å². The third kappa shape index (κ3) is 2.58. The Kier molecular flexibility index (Phi) is 4.00. The summed E-state index contributed by atoms with van der Waals surface area (Å²) in [4.78, 5) is 4.54. The van der Waals surface area contributed by atoms with Gasteiger partial charge in [0, 0.05) is 18.4 Å². The van der Waals surface area contributed by atoms with Crippen LogP contribution in [-0.4, -0.2) is 15.4 Å². The molecular formula is C16H13BrClFN2. The van der Waals surface area contributed by atoms with Crippen LogP contribution in [0.15, 0.2) is 40.9 Å². The molecule has 0 aliphatic rings. The number of benzene rings is 2. The number of aromatic nitrogens is 2. The number of hydrogen-bond acceptors (Lipinski definition) is 1. The van der Waals surface area contributed by atoms with Crippen LogP contribution >= 0.6 is 27.5 Å². The number of alkyl halides is 1. The number of halogens is 3. The molecule has 21 heavy (non-hydrogen) atoms. The van der Waals surface area contributed by atoms with Crippen LogP contribution in [0.2, 0.25) is 0 Å². The fourth-order valence-corrected chi connectivity index (χ4v) is 2.96. The summed E-state index contributed by atoms with van der Waals surface area (Å²) in [5, 5.41) is 0. The molecule has 5 heteroatoms. The lowest BCUT2D eigenvalue weighted by Gasteiger charge is -2.11. The van der Waals surface area contributed by atoms with Crippen LogP contribution < -0.4 is 0 Å². The first-order valence-corrected chi connectivity index (χ1v) is 7.93. The first-order valence-electron chi connectivity index (χ1n) is 6.60. The third-order valence-corrected chi connectivity index (χ3v) is 4.24. The van der Waals surface area contributed by atoms with Crippen LogP contribution in [-0.2, 0) is 6.42 Å². The topological polar surface area (TPSA) is 17.8 Å². The Labute approximate surface area is 135 Å². The molecule has 3 rings (SSSR count). The largest absolute Gasteiger partial charge is 0.296 e. The molecule has 0 amide bonds. The van der Waals surface area contributed by atoms with Crippen molar-refractivity contribution in [1.29, 1.82) is 0 Å². The highest BCUT2D eigenvalue weighted by atomic mass is 79.9. The maximum Gasteiger partial charge on any atom is 0.139 e. The second kappa shape index (κ2) is 5.78. The first-order chi connectivity index (χ1) is 10.1. The van der Waals surface area contributed by atoms with Gasteiger partial charge in [-0.25, -0.2) is 9.37 Å². The Morgan fingerprint density at radius 3 is 2.76 bits per heavy atom. The molecule has 0 bridgehead atoms. The molecule has 2 aromatic carbocycles. The van der Waals surface area contributed by atoms with Gasteiger partial charge in [-0.05, 0) is 40.5 Å². The summed E-state index contributed by atoms with van der Waals surface area (Å²) < 4.78 is 16.2. The third-order valence-electron chi connectivity index (χ3n) is 3.44. The lowest BCUT2D eigenvalue weighted by atomic mass is 10.2. The molecule has 0 fully saturated rings. The van der Waals surface area contributed by atoms with E-state index in [9.17, 15) is 4.39 Å². The van der Waals surface area contributed by atoms with Crippen LogP contribution in [0, 0.1) is 12.7 Å². The van der Waals surface area contributed by atoms with Gasteiger partial charge in [0.15, 0.2) is 0 Å². The van der Waals surface area contributed by atoms with Crippen LogP contribution in [0.3, 0.4) is 0 Å². The molecule has 3 aromatic rings. The molecule has 0 radical (unpaired) electrons. The Balaban J connectivity index is 2.35. The maximum atomic E-state index is 13.7. The maximum absolute atomic E-state index is 13.7. The minimum Gasteiger partial charge on any atom is -0.296 e. The van der Waals surface area contributed by atoms with Crippen LogP contribution in [0.1, 0.15) is 11.4 Å². The highest BCUT2D eigenvalue weighted by Gasteiger charge is 2.15. The summed E-state index contributed by atoms with van der Waals surface area (Å²) in [6.45, 7) is 2.05. The van der Waals surface area contributed by atoms with E-state index in [1.165, 1.54) is 6.07 Å². The van der Waals surface area contributed by atoms with Crippen molar-refractivity contribution in [3.8, 4) is 5.69 Å². The molecule has 2 nitrogen and oxygen atoms in total. The number of para-hydroxylation sites is 1. The summed E-state index contributed by atoms with van der Waals surface area (Å²) in [6, 6.07) is 11.3. The zero-order chi connectivity index (χ0) is 15.0. The molecule has 0 N–H and O–H groups in total. The first kappa shape index (κ1) is 14.5. The second-order valence-corrected chi connectivity index (χ2v) is 6.08. The average molecular weight is 368 g/mol. The monoisotopic (exact) mass is 366 g/mol. The number of hydrogen-bond donors (Lipinski definition) is 0. The van der Waals surface area contributed by atoms with Gasteiger partial charge in [-0.2, -0.15) is 0 Å². The van der Waals surface area contributed by atoms with Gasteiger partial charge in [0.25, 0.3) is 0 Å². The minimum atomic E-state index is -0.311. The molecule has 0 aliphatic heterocycles. The lowest BCUT2D eigenvalue weighted by Crippen LogP contribution is -2.03. The van der Waals surface area contributed by atoms with Gasteiger partial charge in [-0.15, -0.1) is 11.6 Å². The number of imidazole rings is 1. The molecule has 0 spiro atoms. The molecule has 1 aromatic heterocycles. The molecule has 1 heterocycles. The van der Waals surface area contributed by atoms with Crippen molar-refractivity contribution in [3.63, 3.8) is 0 Å². The molecule has 0 saturated carbocycles. The molecular weight excluding hydrogens is 355 g/mol. The van der Waals surface area contributed by atoms with Crippen LogP contribution in [0.25, 0.3) is 16.7 Å². The summed E-state index contributed by atoms with van der Waals surface area (Å²) in [7, 11) is 0. The van der Waals surface area contributed by atoms with Gasteiger partial charge in [-0.3, -0.25) is 4.57 Å². The highest BCUT2D eigenvalue weighted by Crippen LogP contribution is 2.28. The Bertz CT molecular complexity index is 813. The predicted octanol–water partition coefficient (Wildman–Crippen LogP) is 5.02. The van der Waals surface area contributed by atoms with E-state index in [4.69, 9.17) is 11.6 Å². The Morgan fingerprint density at radius 1 is 1.29 bits per heavy atom. The fraction of sp³-hybridized carbons (Fsp3) is 0.188. The summed E-state index contributed by atoms with van der Waals surface area (Å²) in [5.41, 5.74) is 3.68. The number of nitrogens with zero attached hydrogens (tertiary/aromatic N) is 2. The van der Waals surface area contributed by atoms with Gasteiger partial charge in [0.1, 0.15) is 11.6 Å². The van der Waals surface area contributed by atoms with E-state index in [2.05, 4.69) is 25.5 Å². The Morgan fingerprint density at radius 2 is 2.05 bits per heavy atom. The standard InChI is InChI=1S/C16H13BrClFN2/c1-10-4-2-3-5-14(10)21-15-8-11(17)12(19)9-13(15)20-16(21)6-7-18/h2-5,8-9H,6-7H2,1H3. The SMILES string of the molecule is Cc1ccccc1-n1c(CCCl)nc2cc(F)c(Br)cc21. The van der Waals surface area contributed by atoms with Crippen LogP contribution in [0.4, 0.5) is 4.39 Å². The predicted molar refractivity (Wildman–Crippen MR) is 87.9 cm³/mol. The molecule has 108 valence electrons. The van der Waals surface area contributed by atoms with Gasteiger partial charge in [-0.1, -0.05) is 18.2 Å². The highest BCUT2D eigenvalue weighted by molar-refractivity contribution is 9.10. The number of aryl methyl sites for hydroxylation is 2. The van der Waals surface area contributed by atoms with Crippen molar-refractivity contribution in [3.05, 3.63) is 58.1 Å². The lowest BCUT2D eigenvalue weighted by molar-refractivity contribution is 0.623. The van der Waals surface area contributed by atoms with Gasteiger partial charge >= 0.3 is 0 Å². The van der Waals surface area contributed by atoms with Crippen LogP contribution in [0.5, 0.6) is 0 Å². The van der Waals surface area contributed by atoms with Crippen molar-refractivity contribution < 1.29 is 4.39 Å². The van der Waals surface area contributed by atoms with Gasteiger partial charge in [0.2, 0.25) is 0 Å². The normalized spacial score (nSPS) is 11.2. The fourth-order valence-electron chi connectivity index (χ4n) is 2.46. The second-order valence-electron chi connectivity index (χ2n) is 4.84. The van der Waals surface area contributed by atoms with E-state index >= 15 is 0 Å². The van der Waals surface area contributed by atoms with E-state index in [0.29, 0.717) is 22.3 Å². The molecule has 0 unspecified atom stereocenters. The zero-order valence-electron chi connectivity index (χ0n) is 11.4.